The molecule has 0 saturated heterocycles. The van der Waals surface area contributed by atoms with Crippen molar-refractivity contribution in [1.82, 2.24) is 0 Å². The van der Waals surface area contributed by atoms with E-state index in [2.05, 4.69) is 46.0 Å². The summed E-state index contributed by atoms with van der Waals surface area (Å²) in [6.45, 7) is 0.625. The highest BCUT2D eigenvalue weighted by atomic mass is 16.1. The Bertz CT molecular complexity index is 1220. The fraction of sp³-hybridized carbons (Fsp3) is 0.0370. The Morgan fingerprint density at radius 2 is 1.33 bits per heavy atom. The molecule has 4 aromatic carbocycles. The Kier molecular flexibility index (Phi) is 4.70. The number of ketones is 1. The third-order valence-corrected chi connectivity index (χ3v) is 5.36. The monoisotopic (exact) mass is 389 g/mol. The van der Waals surface area contributed by atoms with Crippen LogP contribution in [-0.4, -0.2) is 23.2 Å². The first kappa shape index (κ1) is 18.1. The van der Waals surface area contributed by atoms with Crippen LogP contribution in [0, 0.1) is 0 Å². The molecule has 3 heteroatoms. The molecule has 30 heavy (non-hydrogen) atoms. The van der Waals surface area contributed by atoms with Crippen LogP contribution in [0.4, 0.5) is 17.1 Å². The van der Waals surface area contributed by atoms with Gasteiger partial charge in [0.25, 0.3) is 0 Å². The topological polar surface area (TPSA) is 23.3 Å². The van der Waals surface area contributed by atoms with Gasteiger partial charge in [0.1, 0.15) is 0 Å². The molecular formula is C27H21N2O+. The molecule has 5 rings (SSSR count). The lowest BCUT2D eigenvalue weighted by Gasteiger charge is -2.29. The van der Waals surface area contributed by atoms with Gasteiger partial charge in [-0.15, -0.1) is 0 Å². The van der Waals surface area contributed by atoms with E-state index in [1.54, 1.807) is 0 Å². The number of hydrogen-bond donors (Lipinski definition) is 0. The van der Waals surface area contributed by atoms with Gasteiger partial charge in [0, 0.05) is 28.9 Å². The maximum Gasteiger partial charge on any atom is 0.228 e. The molecule has 0 amide bonds. The summed E-state index contributed by atoms with van der Waals surface area (Å²) in [7, 11) is 0. The summed E-state index contributed by atoms with van der Waals surface area (Å²) in [5.41, 5.74) is 5.56. The van der Waals surface area contributed by atoms with Crippen LogP contribution in [0.5, 0.6) is 0 Å². The highest BCUT2D eigenvalue weighted by Crippen LogP contribution is 2.35. The van der Waals surface area contributed by atoms with Crippen molar-refractivity contribution in [3.8, 4) is 0 Å². The molecule has 0 N–H and O–H groups in total. The van der Waals surface area contributed by atoms with E-state index in [1.165, 1.54) is 0 Å². The zero-order valence-electron chi connectivity index (χ0n) is 16.5. The number of hydrogen-bond acceptors (Lipinski definition) is 2. The predicted molar refractivity (Wildman–Crippen MR) is 121 cm³/mol. The molecule has 0 aromatic heterocycles. The summed E-state index contributed by atoms with van der Waals surface area (Å²) >= 11 is 0. The highest BCUT2D eigenvalue weighted by molar-refractivity contribution is 6.14. The Morgan fingerprint density at radius 1 is 0.700 bits per heavy atom. The minimum atomic E-state index is 0.0370. The number of carbonyl (C=O) groups excluding carboxylic acids is 1. The second-order valence-electron chi connectivity index (χ2n) is 7.28. The number of anilines is 2. The number of carbonyl (C=O) groups is 1. The Labute approximate surface area is 176 Å². The molecule has 0 fully saturated rings. The third-order valence-electron chi connectivity index (χ3n) is 5.36. The van der Waals surface area contributed by atoms with E-state index < -0.39 is 0 Å². The van der Waals surface area contributed by atoms with Gasteiger partial charge in [-0.2, -0.15) is 4.58 Å². The summed E-state index contributed by atoms with van der Waals surface area (Å²) in [4.78, 5) is 15.6. The molecule has 3 nitrogen and oxygen atoms in total. The number of para-hydroxylation sites is 3. The van der Waals surface area contributed by atoms with Gasteiger partial charge < -0.3 is 0 Å². The smallest absolute Gasteiger partial charge is 0.228 e. The van der Waals surface area contributed by atoms with Crippen molar-refractivity contribution < 1.29 is 9.37 Å². The van der Waals surface area contributed by atoms with E-state index in [0.29, 0.717) is 17.8 Å². The Hall–Kier alpha value is -3.98. The summed E-state index contributed by atoms with van der Waals surface area (Å²) in [5, 5.41) is 0. The average Bonchev–Trinajstić information content (AvgIpc) is 2.84. The number of benzene rings is 4. The van der Waals surface area contributed by atoms with E-state index in [1.807, 2.05) is 78.9 Å². The van der Waals surface area contributed by atoms with Gasteiger partial charge >= 0.3 is 0 Å². The molecule has 4 aromatic rings. The van der Waals surface area contributed by atoms with Crippen LogP contribution >= 0.6 is 0 Å². The van der Waals surface area contributed by atoms with Gasteiger partial charge in [0.2, 0.25) is 12.4 Å². The maximum atomic E-state index is 13.4. The summed E-state index contributed by atoms with van der Waals surface area (Å²) in [6.07, 6.45) is 2.13. The maximum absolute atomic E-state index is 13.4. The predicted octanol–water partition coefficient (Wildman–Crippen LogP) is 5.79. The SMILES string of the molecule is O=C(c1ccccc1)c1cccc2c1N(c1ccccc1)C[N+](c1ccccc1)=C2. The first-order chi connectivity index (χ1) is 14.8. The lowest BCUT2D eigenvalue weighted by molar-refractivity contribution is -0.434. The second-order valence-corrected chi connectivity index (χ2v) is 7.28. The Morgan fingerprint density at radius 3 is 2.03 bits per heavy atom. The van der Waals surface area contributed by atoms with Crippen LogP contribution in [-0.2, 0) is 0 Å². The molecule has 0 aliphatic carbocycles. The second kappa shape index (κ2) is 7.80. The van der Waals surface area contributed by atoms with Crippen molar-refractivity contribution in [2.45, 2.75) is 0 Å². The molecular weight excluding hydrogens is 368 g/mol. The van der Waals surface area contributed by atoms with Crippen LogP contribution in [0.25, 0.3) is 0 Å². The van der Waals surface area contributed by atoms with Gasteiger partial charge in [-0.05, 0) is 24.3 Å². The fourth-order valence-corrected chi connectivity index (χ4v) is 3.92. The molecule has 0 spiro atoms. The summed E-state index contributed by atoms with van der Waals surface area (Å²) in [5.74, 6) is 0.0370. The number of fused-ring (bicyclic) bond motifs is 1. The van der Waals surface area contributed by atoms with E-state index in [-0.39, 0.29) is 5.78 Å². The van der Waals surface area contributed by atoms with E-state index in [4.69, 9.17) is 0 Å². The van der Waals surface area contributed by atoms with Crippen molar-refractivity contribution in [3.05, 3.63) is 126 Å². The lowest BCUT2D eigenvalue weighted by atomic mass is 9.97. The largest absolute Gasteiger partial charge is 0.289 e. The van der Waals surface area contributed by atoms with Crippen molar-refractivity contribution in [2.24, 2.45) is 0 Å². The van der Waals surface area contributed by atoms with Crippen LogP contribution in [0.1, 0.15) is 21.5 Å². The molecule has 0 radical (unpaired) electrons. The third kappa shape index (κ3) is 3.31. The molecule has 1 aliphatic rings. The molecule has 0 atom stereocenters. The van der Waals surface area contributed by atoms with Crippen LogP contribution in [0.3, 0.4) is 0 Å². The minimum Gasteiger partial charge on any atom is -0.289 e. The normalized spacial score (nSPS) is 12.8. The van der Waals surface area contributed by atoms with Gasteiger partial charge in [0.05, 0.1) is 11.3 Å². The minimum absolute atomic E-state index is 0.0370. The first-order valence-corrected chi connectivity index (χ1v) is 10.0. The lowest BCUT2D eigenvalue weighted by Crippen LogP contribution is -2.33. The fourth-order valence-electron chi connectivity index (χ4n) is 3.92. The molecule has 0 bridgehead atoms. The zero-order valence-corrected chi connectivity index (χ0v) is 16.5. The van der Waals surface area contributed by atoms with Crippen LogP contribution in [0.15, 0.2) is 109 Å². The first-order valence-electron chi connectivity index (χ1n) is 10.0. The highest BCUT2D eigenvalue weighted by Gasteiger charge is 2.30. The van der Waals surface area contributed by atoms with Gasteiger partial charge in [-0.3, -0.25) is 9.69 Å². The molecule has 1 aliphatic heterocycles. The molecule has 0 saturated carbocycles. The van der Waals surface area contributed by atoms with Crippen molar-refractivity contribution >= 4 is 29.1 Å². The Balaban J connectivity index is 1.70. The van der Waals surface area contributed by atoms with Gasteiger partial charge in [-0.25, -0.2) is 0 Å². The van der Waals surface area contributed by atoms with E-state index in [0.717, 1.165) is 22.6 Å². The van der Waals surface area contributed by atoms with Gasteiger partial charge in [0.15, 0.2) is 12.0 Å². The van der Waals surface area contributed by atoms with Crippen molar-refractivity contribution in [1.29, 1.82) is 0 Å². The number of rotatable bonds is 4. The van der Waals surface area contributed by atoms with E-state index >= 15 is 0 Å². The number of nitrogens with zero attached hydrogens (tertiary/aromatic N) is 2. The quantitative estimate of drug-likeness (QED) is 0.326. The zero-order chi connectivity index (χ0) is 20.3. The van der Waals surface area contributed by atoms with Crippen LogP contribution in [0.2, 0.25) is 0 Å². The van der Waals surface area contributed by atoms with Gasteiger partial charge in [-0.1, -0.05) is 72.8 Å². The van der Waals surface area contributed by atoms with Crippen molar-refractivity contribution in [3.63, 3.8) is 0 Å². The summed E-state index contributed by atoms with van der Waals surface area (Å²) in [6, 6.07) is 36.0. The average molecular weight is 389 g/mol. The molecule has 1 heterocycles. The standard InChI is InChI=1S/C27H21N2O/c30-27(21-11-4-1-5-12-21)25-18-10-13-22-19-28(23-14-6-2-7-15-23)20-29(26(22)25)24-16-8-3-9-17-24/h1-19H,20H2/q+1. The van der Waals surface area contributed by atoms with Crippen LogP contribution < -0.4 is 4.90 Å². The molecule has 0 unspecified atom stereocenters. The summed E-state index contributed by atoms with van der Waals surface area (Å²) < 4.78 is 2.21. The molecule has 144 valence electrons. The van der Waals surface area contributed by atoms with E-state index in [9.17, 15) is 4.79 Å². The van der Waals surface area contributed by atoms with Crippen molar-refractivity contribution in [2.75, 3.05) is 11.6 Å².